The van der Waals surface area contributed by atoms with Crippen molar-refractivity contribution >= 4 is 33.1 Å². The predicted octanol–water partition coefficient (Wildman–Crippen LogP) is 3.27. The average molecular weight is 410 g/mol. The van der Waals surface area contributed by atoms with E-state index in [2.05, 4.69) is 10.6 Å². The van der Waals surface area contributed by atoms with E-state index in [1.165, 1.54) is 36.4 Å². The van der Waals surface area contributed by atoms with Crippen LogP contribution >= 0.6 is 0 Å². The number of rotatable bonds is 7. The summed E-state index contributed by atoms with van der Waals surface area (Å²) in [5.41, 5.74) is 1.15. The molecule has 29 heavy (non-hydrogen) atoms. The maximum atomic E-state index is 13.0. The molecule has 1 amide bonds. The van der Waals surface area contributed by atoms with Crippen molar-refractivity contribution in [2.24, 2.45) is 0 Å². The largest absolute Gasteiger partial charge is 0.480 e. The third-order valence-electron chi connectivity index (χ3n) is 4.07. The van der Waals surface area contributed by atoms with Gasteiger partial charge in [0.25, 0.3) is 5.91 Å². The summed E-state index contributed by atoms with van der Waals surface area (Å²) in [5, 5.41) is 14.1. The molecule has 3 rings (SSSR count). The minimum Gasteiger partial charge on any atom is -0.480 e. The third kappa shape index (κ3) is 4.80. The summed E-state index contributed by atoms with van der Waals surface area (Å²) < 4.78 is 26.0. The molecule has 0 aliphatic carbocycles. The van der Waals surface area contributed by atoms with Crippen LogP contribution in [-0.4, -0.2) is 31.9 Å². The third-order valence-corrected chi connectivity index (χ3v) is 5.89. The van der Waals surface area contributed by atoms with E-state index in [9.17, 15) is 18.0 Å². The molecule has 0 aromatic heterocycles. The van der Waals surface area contributed by atoms with Crippen LogP contribution in [0.25, 0.3) is 0 Å². The van der Waals surface area contributed by atoms with E-state index >= 15 is 0 Å². The zero-order chi connectivity index (χ0) is 20.9. The highest BCUT2D eigenvalue weighted by molar-refractivity contribution is 7.91. The molecule has 0 atom stereocenters. The number of carbonyl (C=O) groups excluding carboxylic acids is 1. The smallest absolute Gasteiger partial charge is 0.322 e. The molecule has 0 spiro atoms. The summed E-state index contributed by atoms with van der Waals surface area (Å²) in [6, 6.07) is 20.5. The van der Waals surface area contributed by atoms with Gasteiger partial charge in [0.15, 0.2) is 0 Å². The van der Waals surface area contributed by atoms with Gasteiger partial charge in [0, 0.05) is 11.3 Å². The molecule has 148 valence electrons. The second-order valence-electron chi connectivity index (χ2n) is 6.09. The number of carbonyl (C=O) groups is 2. The van der Waals surface area contributed by atoms with E-state index in [1.807, 2.05) is 0 Å². The standard InChI is InChI=1S/C21H18N2O5S/c24-20(25)14-22-18-8-4-5-9-19(18)29(27,28)17-12-10-16(11-13-17)23-21(26)15-6-2-1-3-7-15/h1-13,22H,14H2,(H,23,26)(H,24,25). The number of hydrogen-bond acceptors (Lipinski definition) is 5. The van der Waals surface area contributed by atoms with E-state index in [1.54, 1.807) is 42.5 Å². The maximum absolute atomic E-state index is 13.0. The van der Waals surface area contributed by atoms with Crippen molar-refractivity contribution in [1.29, 1.82) is 0 Å². The van der Waals surface area contributed by atoms with Gasteiger partial charge in [-0.05, 0) is 48.5 Å². The van der Waals surface area contributed by atoms with Crippen LogP contribution in [0.2, 0.25) is 0 Å². The number of anilines is 2. The maximum Gasteiger partial charge on any atom is 0.322 e. The molecular weight excluding hydrogens is 392 g/mol. The van der Waals surface area contributed by atoms with Crippen molar-refractivity contribution in [3.8, 4) is 0 Å². The highest BCUT2D eigenvalue weighted by atomic mass is 32.2. The lowest BCUT2D eigenvalue weighted by Crippen LogP contribution is -2.15. The fourth-order valence-corrected chi connectivity index (χ4v) is 4.09. The van der Waals surface area contributed by atoms with Crippen molar-refractivity contribution in [2.75, 3.05) is 17.2 Å². The highest BCUT2D eigenvalue weighted by Gasteiger charge is 2.21. The van der Waals surface area contributed by atoms with Crippen LogP contribution in [0.5, 0.6) is 0 Å². The van der Waals surface area contributed by atoms with Crippen LogP contribution in [0.1, 0.15) is 10.4 Å². The molecule has 0 heterocycles. The first-order chi connectivity index (χ1) is 13.9. The Balaban J connectivity index is 1.82. The van der Waals surface area contributed by atoms with Crippen molar-refractivity contribution in [2.45, 2.75) is 9.79 Å². The first-order valence-corrected chi connectivity index (χ1v) is 10.1. The van der Waals surface area contributed by atoms with E-state index in [0.717, 1.165) is 0 Å². The fraction of sp³-hybridized carbons (Fsp3) is 0.0476. The average Bonchev–Trinajstić information content (AvgIpc) is 2.73. The van der Waals surface area contributed by atoms with Crippen molar-refractivity contribution < 1.29 is 23.1 Å². The van der Waals surface area contributed by atoms with Crippen LogP contribution in [0.4, 0.5) is 11.4 Å². The molecule has 0 aliphatic rings. The fourth-order valence-electron chi connectivity index (χ4n) is 2.66. The Bertz CT molecular complexity index is 1130. The van der Waals surface area contributed by atoms with Crippen LogP contribution in [-0.2, 0) is 14.6 Å². The molecule has 0 fully saturated rings. The number of carboxylic acid groups (broad SMARTS) is 1. The van der Waals surface area contributed by atoms with Gasteiger partial charge < -0.3 is 15.7 Å². The lowest BCUT2D eigenvalue weighted by atomic mass is 10.2. The minimum atomic E-state index is -3.88. The van der Waals surface area contributed by atoms with Gasteiger partial charge in [0.05, 0.1) is 15.5 Å². The number of benzene rings is 3. The number of carboxylic acids is 1. The van der Waals surface area contributed by atoms with E-state index in [4.69, 9.17) is 5.11 Å². The molecule has 0 saturated carbocycles. The Morgan fingerprint density at radius 2 is 1.45 bits per heavy atom. The quantitative estimate of drug-likeness (QED) is 0.551. The topological polar surface area (TPSA) is 113 Å². The summed E-state index contributed by atoms with van der Waals surface area (Å²) in [6.45, 7) is -0.406. The van der Waals surface area contributed by atoms with Crippen LogP contribution < -0.4 is 10.6 Å². The Labute approximate surface area is 167 Å². The SMILES string of the molecule is O=C(O)CNc1ccccc1S(=O)(=O)c1ccc(NC(=O)c2ccccc2)cc1. The zero-order valence-corrected chi connectivity index (χ0v) is 16.0. The lowest BCUT2D eigenvalue weighted by molar-refractivity contribution is -0.134. The van der Waals surface area contributed by atoms with Crippen LogP contribution in [0.15, 0.2) is 88.7 Å². The van der Waals surface area contributed by atoms with Crippen molar-refractivity contribution in [3.63, 3.8) is 0 Å². The Morgan fingerprint density at radius 1 is 0.828 bits per heavy atom. The van der Waals surface area contributed by atoms with Gasteiger partial charge in [0.2, 0.25) is 9.84 Å². The molecule has 3 N–H and O–H groups in total. The number of para-hydroxylation sites is 1. The van der Waals surface area contributed by atoms with E-state index in [0.29, 0.717) is 11.3 Å². The second kappa shape index (κ2) is 8.57. The Hall–Kier alpha value is -3.65. The molecule has 8 heteroatoms. The molecule has 3 aromatic carbocycles. The van der Waals surface area contributed by atoms with Gasteiger partial charge in [-0.3, -0.25) is 9.59 Å². The molecule has 0 aliphatic heterocycles. The Kier molecular flexibility index (Phi) is 5.94. The number of aliphatic carboxylic acids is 1. The van der Waals surface area contributed by atoms with Gasteiger partial charge in [-0.2, -0.15) is 0 Å². The zero-order valence-electron chi connectivity index (χ0n) is 15.2. The molecule has 0 radical (unpaired) electrons. The van der Waals surface area contributed by atoms with Gasteiger partial charge in [-0.1, -0.05) is 30.3 Å². The van der Waals surface area contributed by atoms with Gasteiger partial charge in [0.1, 0.15) is 6.54 Å². The summed E-state index contributed by atoms with van der Waals surface area (Å²) in [5.74, 6) is -1.40. The number of nitrogens with one attached hydrogen (secondary N) is 2. The lowest BCUT2D eigenvalue weighted by Gasteiger charge is -2.12. The van der Waals surface area contributed by atoms with Gasteiger partial charge >= 0.3 is 5.97 Å². The van der Waals surface area contributed by atoms with E-state index < -0.39 is 22.4 Å². The summed E-state index contributed by atoms with van der Waals surface area (Å²) in [6.07, 6.45) is 0. The highest BCUT2D eigenvalue weighted by Crippen LogP contribution is 2.28. The molecule has 0 unspecified atom stereocenters. The van der Waals surface area contributed by atoms with Crippen molar-refractivity contribution in [1.82, 2.24) is 0 Å². The monoisotopic (exact) mass is 410 g/mol. The van der Waals surface area contributed by atoms with Crippen molar-refractivity contribution in [3.05, 3.63) is 84.4 Å². The van der Waals surface area contributed by atoms with Gasteiger partial charge in [-0.25, -0.2) is 8.42 Å². The first-order valence-electron chi connectivity index (χ1n) is 8.64. The van der Waals surface area contributed by atoms with Crippen LogP contribution in [0, 0.1) is 0 Å². The summed E-state index contributed by atoms with van der Waals surface area (Å²) in [7, 11) is -3.88. The number of sulfone groups is 1. The Morgan fingerprint density at radius 3 is 2.10 bits per heavy atom. The number of hydrogen-bond donors (Lipinski definition) is 3. The normalized spacial score (nSPS) is 10.9. The molecule has 7 nitrogen and oxygen atoms in total. The minimum absolute atomic E-state index is 0.0256. The first kappa shape index (κ1) is 20.1. The molecule has 0 bridgehead atoms. The van der Waals surface area contributed by atoms with E-state index in [-0.39, 0.29) is 21.4 Å². The second-order valence-corrected chi connectivity index (χ2v) is 8.01. The summed E-state index contributed by atoms with van der Waals surface area (Å²) in [4.78, 5) is 23.0. The molecule has 0 saturated heterocycles. The van der Waals surface area contributed by atoms with Crippen LogP contribution in [0.3, 0.4) is 0 Å². The predicted molar refractivity (Wildman–Crippen MR) is 109 cm³/mol. The van der Waals surface area contributed by atoms with Gasteiger partial charge in [-0.15, -0.1) is 0 Å². The summed E-state index contributed by atoms with van der Waals surface area (Å²) >= 11 is 0. The molecular formula is C21H18N2O5S. The number of amides is 1. The molecule has 3 aromatic rings.